The molecule has 0 saturated heterocycles. The molecule has 2 aromatic carbocycles. The fourth-order valence-corrected chi connectivity index (χ4v) is 4.28. The van der Waals surface area contributed by atoms with E-state index < -0.39 is 23.1 Å². The van der Waals surface area contributed by atoms with Crippen molar-refractivity contribution >= 4 is 47.3 Å². The zero-order chi connectivity index (χ0) is 29.5. The number of H-pyrrole nitrogens is 2. The maximum Gasteiger partial charge on any atom is 0.357 e. The Morgan fingerprint density at radius 1 is 0.805 bits per heavy atom. The second-order valence-corrected chi connectivity index (χ2v) is 9.08. The Kier molecular flexibility index (Phi) is 9.31. The summed E-state index contributed by atoms with van der Waals surface area (Å²) in [6.45, 7) is 3.50. The lowest BCUT2D eigenvalue weighted by molar-refractivity contribution is 0.0509. The van der Waals surface area contributed by atoms with Gasteiger partial charge in [0.05, 0.1) is 45.8 Å². The van der Waals surface area contributed by atoms with E-state index in [-0.39, 0.29) is 35.7 Å². The first-order valence-corrected chi connectivity index (χ1v) is 13.2. The van der Waals surface area contributed by atoms with Gasteiger partial charge in [-0.15, -0.1) is 5.73 Å². The molecule has 0 amide bonds. The molecule has 2 N–H and O–H groups in total. The molecule has 0 aliphatic carbocycles. The number of aromatic nitrogens is 4. The smallest absolute Gasteiger partial charge is 0.357 e. The number of carbonyl (C=O) groups is 2. The van der Waals surface area contributed by atoms with Gasteiger partial charge < -0.3 is 9.47 Å². The number of allylic oxidation sites excluding steroid dienone is 2. The van der Waals surface area contributed by atoms with Gasteiger partial charge in [0.15, 0.2) is 11.4 Å². The molecule has 210 valence electrons. The van der Waals surface area contributed by atoms with Gasteiger partial charge in [0, 0.05) is 0 Å². The number of aromatic amines is 2. The first-order valence-electron chi connectivity index (χ1n) is 12.4. The van der Waals surface area contributed by atoms with E-state index in [4.69, 9.17) is 32.7 Å². The van der Waals surface area contributed by atoms with Crippen molar-refractivity contribution in [1.82, 2.24) is 19.6 Å². The maximum atomic E-state index is 13.2. The molecule has 2 heterocycles. The predicted molar refractivity (Wildman–Crippen MR) is 156 cm³/mol. The van der Waals surface area contributed by atoms with Crippen molar-refractivity contribution < 1.29 is 19.1 Å². The standard InChI is InChI=1S/C29H24Cl2N4O6/c1-3-40-28(38)24-18(26(36)34(32-24)22-16-10-8-14-20(22)30)12-6-5-7-13-19-25(29(39)41-4-2)33-35(27(19)37)23-17-11-9-15-21(23)31/h5-6,8-17,32-33H,3-4H2,1-2H3. The Labute approximate surface area is 243 Å². The molecular formula is C29H24Cl2N4O6. The van der Waals surface area contributed by atoms with E-state index in [9.17, 15) is 19.2 Å². The number of rotatable bonds is 9. The van der Waals surface area contributed by atoms with E-state index in [0.29, 0.717) is 21.4 Å². The van der Waals surface area contributed by atoms with Crippen LogP contribution < -0.4 is 11.1 Å². The largest absolute Gasteiger partial charge is 0.461 e. The number of nitrogens with one attached hydrogen (secondary N) is 2. The van der Waals surface area contributed by atoms with E-state index in [1.165, 1.54) is 24.3 Å². The molecule has 41 heavy (non-hydrogen) atoms. The number of carbonyl (C=O) groups excluding carboxylic acids is 2. The van der Waals surface area contributed by atoms with Crippen molar-refractivity contribution in [1.29, 1.82) is 0 Å². The van der Waals surface area contributed by atoms with Gasteiger partial charge in [0.2, 0.25) is 0 Å². The van der Waals surface area contributed by atoms with Crippen molar-refractivity contribution in [3.05, 3.63) is 120 Å². The fourth-order valence-electron chi connectivity index (χ4n) is 3.84. The average Bonchev–Trinajstić information content (AvgIpc) is 3.46. The summed E-state index contributed by atoms with van der Waals surface area (Å²) in [5.41, 5.74) is 2.28. The lowest BCUT2D eigenvalue weighted by Gasteiger charge is -2.03. The van der Waals surface area contributed by atoms with Crippen molar-refractivity contribution in [2.24, 2.45) is 0 Å². The van der Waals surface area contributed by atoms with Gasteiger partial charge in [-0.05, 0) is 56.3 Å². The summed E-state index contributed by atoms with van der Waals surface area (Å²) in [7, 11) is 0. The molecule has 0 saturated carbocycles. The van der Waals surface area contributed by atoms with Crippen molar-refractivity contribution in [2.45, 2.75) is 13.8 Å². The van der Waals surface area contributed by atoms with Gasteiger partial charge in [0.1, 0.15) is 0 Å². The quantitative estimate of drug-likeness (QED) is 0.156. The molecule has 4 rings (SSSR count). The molecule has 0 bridgehead atoms. The normalized spacial score (nSPS) is 10.8. The van der Waals surface area contributed by atoms with Crippen molar-refractivity contribution in [3.63, 3.8) is 0 Å². The highest BCUT2D eigenvalue weighted by atomic mass is 35.5. The molecule has 0 spiro atoms. The molecule has 2 aromatic heterocycles. The lowest BCUT2D eigenvalue weighted by Crippen LogP contribution is -2.16. The van der Waals surface area contributed by atoms with Crippen LogP contribution in [-0.2, 0) is 9.47 Å². The van der Waals surface area contributed by atoms with Gasteiger partial charge in [-0.2, -0.15) is 0 Å². The molecule has 0 unspecified atom stereocenters. The minimum Gasteiger partial charge on any atom is -0.461 e. The second kappa shape index (κ2) is 13.1. The van der Waals surface area contributed by atoms with Crippen LogP contribution >= 0.6 is 23.2 Å². The summed E-state index contributed by atoms with van der Waals surface area (Å²) < 4.78 is 12.5. The van der Waals surface area contributed by atoms with Crippen molar-refractivity contribution in [2.75, 3.05) is 13.2 Å². The third kappa shape index (κ3) is 6.20. The third-order valence-electron chi connectivity index (χ3n) is 5.68. The Balaban J connectivity index is 1.74. The van der Waals surface area contributed by atoms with Crippen LogP contribution in [0.1, 0.15) is 46.0 Å². The number of ether oxygens (including phenoxy) is 2. The minimum atomic E-state index is -0.731. The maximum absolute atomic E-state index is 13.2. The Hall–Kier alpha value is -4.76. The molecule has 12 heteroatoms. The van der Waals surface area contributed by atoms with Gasteiger partial charge in [-0.1, -0.05) is 53.5 Å². The van der Waals surface area contributed by atoms with Crippen LogP contribution in [0.15, 0.2) is 76.0 Å². The van der Waals surface area contributed by atoms with E-state index in [2.05, 4.69) is 15.9 Å². The highest BCUT2D eigenvalue weighted by Gasteiger charge is 2.22. The van der Waals surface area contributed by atoms with Crippen LogP contribution in [0.25, 0.3) is 23.5 Å². The summed E-state index contributed by atoms with van der Waals surface area (Å²) in [5.74, 6) is -1.45. The Morgan fingerprint density at radius 2 is 1.27 bits per heavy atom. The molecule has 0 atom stereocenters. The molecule has 0 radical (unpaired) electrons. The predicted octanol–water partition coefficient (Wildman–Crippen LogP) is 5.19. The zero-order valence-corrected chi connectivity index (χ0v) is 23.5. The molecular weight excluding hydrogens is 571 g/mol. The van der Waals surface area contributed by atoms with Crippen molar-refractivity contribution in [3.8, 4) is 11.4 Å². The van der Waals surface area contributed by atoms with Gasteiger partial charge >= 0.3 is 11.9 Å². The SMILES string of the molecule is CCOC(=O)c1[nH]n(-c2ccccc2Cl)c(=O)c1C=C=CC=Cc1c(C(=O)OCC)[nH]n(-c2ccccc2Cl)c1=O. The first kappa shape index (κ1) is 29.2. The molecule has 10 nitrogen and oxygen atoms in total. The highest BCUT2D eigenvalue weighted by Crippen LogP contribution is 2.20. The van der Waals surface area contributed by atoms with Crippen LogP contribution in [0, 0.1) is 0 Å². The molecule has 0 aliphatic heterocycles. The zero-order valence-electron chi connectivity index (χ0n) is 21.9. The Bertz CT molecular complexity index is 1820. The Morgan fingerprint density at radius 3 is 1.76 bits per heavy atom. The van der Waals surface area contributed by atoms with Crippen LogP contribution in [0.4, 0.5) is 0 Å². The minimum absolute atomic E-state index is 0.0112. The fraction of sp³-hybridized carbons (Fsp3) is 0.138. The number of halogens is 2. The number of hydrogen-bond donors (Lipinski definition) is 2. The highest BCUT2D eigenvalue weighted by molar-refractivity contribution is 6.32. The summed E-state index contributed by atoms with van der Waals surface area (Å²) in [5, 5.41) is 6.11. The van der Waals surface area contributed by atoms with Gasteiger partial charge in [0.25, 0.3) is 11.1 Å². The van der Waals surface area contributed by atoms with Crippen LogP contribution in [0.2, 0.25) is 10.0 Å². The number of nitrogens with zero attached hydrogens (tertiary/aromatic N) is 2. The third-order valence-corrected chi connectivity index (χ3v) is 6.32. The molecule has 4 aromatic rings. The van der Waals surface area contributed by atoms with E-state index in [0.717, 1.165) is 9.36 Å². The van der Waals surface area contributed by atoms with Crippen LogP contribution in [-0.4, -0.2) is 44.7 Å². The number of para-hydroxylation sites is 2. The van der Waals surface area contributed by atoms with Crippen LogP contribution in [0.3, 0.4) is 0 Å². The van der Waals surface area contributed by atoms with Gasteiger partial charge in [-0.25, -0.2) is 19.0 Å². The topological polar surface area (TPSA) is 128 Å². The van der Waals surface area contributed by atoms with E-state index >= 15 is 0 Å². The summed E-state index contributed by atoms with van der Waals surface area (Å²) in [6.07, 6.45) is 5.55. The summed E-state index contributed by atoms with van der Waals surface area (Å²) >= 11 is 12.5. The molecule has 0 fully saturated rings. The second-order valence-electron chi connectivity index (χ2n) is 8.26. The number of esters is 2. The summed E-state index contributed by atoms with van der Waals surface area (Å²) in [4.78, 5) is 51.5. The molecule has 0 aliphatic rings. The lowest BCUT2D eigenvalue weighted by atomic mass is 10.2. The monoisotopic (exact) mass is 594 g/mol. The number of hydrogen-bond acceptors (Lipinski definition) is 6. The first-order chi connectivity index (χ1) is 19.8. The van der Waals surface area contributed by atoms with Gasteiger partial charge in [-0.3, -0.25) is 19.8 Å². The van der Waals surface area contributed by atoms with Crippen LogP contribution in [0.5, 0.6) is 0 Å². The average molecular weight is 595 g/mol. The van der Waals surface area contributed by atoms with E-state index in [1.807, 2.05) is 0 Å². The number of benzene rings is 2. The summed E-state index contributed by atoms with van der Waals surface area (Å²) in [6, 6.07) is 13.3. The van der Waals surface area contributed by atoms with E-state index in [1.54, 1.807) is 62.4 Å².